The van der Waals surface area contributed by atoms with Crippen LogP contribution in [-0.4, -0.2) is 73.4 Å². The Morgan fingerprint density at radius 3 is 2.62 bits per heavy atom. The van der Waals surface area contributed by atoms with Gasteiger partial charge in [-0.1, -0.05) is 6.07 Å². The maximum Gasteiger partial charge on any atom is 0.252 e. The quantitative estimate of drug-likeness (QED) is 0.529. The van der Waals surface area contributed by atoms with Crippen LogP contribution in [0.25, 0.3) is 0 Å². The largest absolute Gasteiger partial charge is 0.354 e. The summed E-state index contributed by atoms with van der Waals surface area (Å²) in [6.07, 6.45) is 2.73. The Balaban J connectivity index is 1.50. The van der Waals surface area contributed by atoms with E-state index in [9.17, 15) is 4.79 Å². The van der Waals surface area contributed by atoms with Crippen LogP contribution in [0.3, 0.4) is 0 Å². The Kier molecular flexibility index (Phi) is 6.96. The molecule has 2 aromatic rings. The van der Waals surface area contributed by atoms with Gasteiger partial charge < -0.3 is 20.4 Å². The number of piperazine rings is 1. The zero-order chi connectivity index (χ0) is 22.5. The molecule has 4 rings (SSSR count). The SMILES string of the molecule is C=NC(=Nc1c(C)ccc(=O)n1CCC1CNC1)Nc1ccc(N2CCN(C)CC2)nc1. The second kappa shape index (κ2) is 10.1. The van der Waals surface area contributed by atoms with Crippen molar-refractivity contribution in [1.29, 1.82) is 0 Å². The third-order valence-corrected chi connectivity index (χ3v) is 6.17. The monoisotopic (exact) mass is 436 g/mol. The fraction of sp³-hybridized carbons (Fsp3) is 0.478. The highest BCUT2D eigenvalue weighted by Crippen LogP contribution is 2.20. The van der Waals surface area contributed by atoms with Crippen LogP contribution in [0.1, 0.15) is 12.0 Å². The van der Waals surface area contributed by atoms with E-state index in [1.54, 1.807) is 22.9 Å². The summed E-state index contributed by atoms with van der Waals surface area (Å²) in [5.74, 6) is 2.53. The first-order valence-electron chi connectivity index (χ1n) is 11.2. The van der Waals surface area contributed by atoms with Gasteiger partial charge in [0.25, 0.3) is 5.56 Å². The molecule has 0 unspecified atom stereocenters. The van der Waals surface area contributed by atoms with Crippen LogP contribution >= 0.6 is 0 Å². The fourth-order valence-electron chi connectivity index (χ4n) is 3.92. The lowest BCUT2D eigenvalue weighted by Gasteiger charge is -2.33. The molecule has 2 fully saturated rings. The van der Waals surface area contributed by atoms with Gasteiger partial charge in [-0.25, -0.2) is 9.98 Å². The highest BCUT2D eigenvalue weighted by atomic mass is 16.1. The molecule has 170 valence electrons. The number of aryl methyl sites for hydroxylation is 1. The molecule has 9 heteroatoms. The van der Waals surface area contributed by atoms with E-state index in [2.05, 4.69) is 49.2 Å². The van der Waals surface area contributed by atoms with Crippen molar-refractivity contribution in [2.24, 2.45) is 15.9 Å². The first-order chi connectivity index (χ1) is 15.5. The summed E-state index contributed by atoms with van der Waals surface area (Å²) in [4.78, 5) is 30.5. The van der Waals surface area contributed by atoms with E-state index < -0.39 is 0 Å². The lowest BCUT2D eigenvalue weighted by molar-refractivity contribution is 0.311. The van der Waals surface area contributed by atoms with Gasteiger partial charge in [-0.15, -0.1) is 0 Å². The molecular formula is C23H32N8O. The van der Waals surface area contributed by atoms with Crippen LogP contribution in [0, 0.1) is 12.8 Å². The van der Waals surface area contributed by atoms with Crippen molar-refractivity contribution < 1.29 is 0 Å². The second-order valence-corrected chi connectivity index (χ2v) is 8.56. The molecule has 2 aliphatic rings. The molecule has 0 spiro atoms. The molecule has 0 saturated carbocycles. The van der Waals surface area contributed by atoms with E-state index in [0.29, 0.717) is 24.2 Å². The minimum Gasteiger partial charge on any atom is -0.354 e. The number of anilines is 2. The van der Waals surface area contributed by atoms with E-state index in [4.69, 9.17) is 0 Å². The van der Waals surface area contributed by atoms with Gasteiger partial charge in [-0.05, 0) is 63.8 Å². The number of hydrogen-bond donors (Lipinski definition) is 2. The first-order valence-corrected chi connectivity index (χ1v) is 11.2. The van der Waals surface area contributed by atoms with Gasteiger partial charge in [-0.2, -0.15) is 4.99 Å². The van der Waals surface area contributed by atoms with E-state index in [-0.39, 0.29) is 5.56 Å². The van der Waals surface area contributed by atoms with Gasteiger partial charge in [0.2, 0.25) is 5.96 Å². The Hall–Kier alpha value is -3.04. The topological polar surface area (TPSA) is 90.1 Å². The Morgan fingerprint density at radius 2 is 2.00 bits per heavy atom. The third kappa shape index (κ3) is 5.23. The highest BCUT2D eigenvalue weighted by Gasteiger charge is 2.18. The van der Waals surface area contributed by atoms with Gasteiger partial charge >= 0.3 is 0 Å². The first kappa shape index (κ1) is 22.2. The lowest BCUT2D eigenvalue weighted by Crippen LogP contribution is -2.44. The van der Waals surface area contributed by atoms with Gasteiger partial charge in [0.1, 0.15) is 11.6 Å². The molecular weight excluding hydrogens is 404 g/mol. The van der Waals surface area contributed by atoms with Crippen molar-refractivity contribution in [1.82, 2.24) is 19.8 Å². The number of nitrogens with one attached hydrogen (secondary N) is 2. The molecule has 0 radical (unpaired) electrons. The molecule has 9 nitrogen and oxygen atoms in total. The maximum absolute atomic E-state index is 12.5. The van der Waals surface area contributed by atoms with Crippen LogP contribution < -0.4 is 21.1 Å². The standard InChI is InChI=1S/C23H32N8O/c1-17-4-7-21(32)31(9-8-18-14-25-15-18)22(17)28-23(24-2)27-19-5-6-20(26-16-19)30-12-10-29(3)11-13-30/h4-7,16,18,25H,2,8-15H2,1,3H3,(H,27,28). The van der Waals surface area contributed by atoms with Gasteiger partial charge in [0.05, 0.1) is 11.9 Å². The summed E-state index contributed by atoms with van der Waals surface area (Å²) in [6.45, 7) is 12.3. The number of likely N-dealkylation sites (N-methyl/N-ethyl adjacent to an activating group) is 1. The number of pyridine rings is 2. The average Bonchev–Trinajstić information content (AvgIpc) is 2.77. The predicted octanol–water partition coefficient (Wildman–Crippen LogP) is 1.71. The average molecular weight is 437 g/mol. The number of aromatic nitrogens is 2. The summed E-state index contributed by atoms with van der Waals surface area (Å²) < 4.78 is 1.73. The molecule has 2 saturated heterocycles. The van der Waals surface area contributed by atoms with Gasteiger partial charge in [0.15, 0.2) is 0 Å². The van der Waals surface area contributed by atoms with Crippen molar-refractivity contribution in [2.75, 3.05) is 56.5 Å². The summed E-state index contributed by atoms with van der Waals surface area (Å²) in [5, 5.41) is 6.46. The molecule has 4 heterocycles. The summed E-state index contributed by atoms with van der Waals surface area (Å²) in [5.41, 5.74) is 1.64. The van der Waals surface area contributed by atoms with Crippen LogP contribution in [0.4, 0.5) is 17.3 Å². The predicted molar refractivity (Wildman–Crippen MR) is 131 cm³/mol. The fourth-order valence-corrected chi connectivity index (χ4v) is 3.92. The Labute approximate surface area is 188 Å². The van der Waals surface area contributed by atoms with Crippen molar-refractivity contribution in [3.63, 3.8) is 0 Å². The second-order valence-electron chi connectivity index (χ2n) is 8.56. The molecule has 2 N–H and O–H groups in total. The summed E-state index contributed by atoms with van der Waals surface area (Å²) in [6, 6.07) is 7.37. The minimum absolute atomic E-state index is 0.0526. The van der Waals surface area contributed by atoms with E-state index in [1.807, 2.05) is 19.1 Å². The van der Waals surface area contributed by atoms with E-state index in [1.165, 1.54) is 0 Å². The third-order valence-electron chi connectivity index (χ3n) is 6.17. The smallest absolute Gasteiger partial charge is 0.252 e. The summed E-state index contributed by atoms with van der Waals surface area (Å²) in [7, 11) is 2.14. The minimum atomic E-state index is -0.0526. The van der Waals surface area contributed by atoms with Crippen molar-refractivity contribution in [3.8, 4) is 0 Å². The van der Waals surface area contributed by atoms with E-state index in [0.717, 1.165) is 62.8 Å². The van der Waals surface area contributed by atoms with E-state index >= 15 is 0 Å². The van der Waals surface area contributed by atoms with Crippen LogP contribution in [0.2, 0.25) is 0 Å². The molecule has 2 aromatic heterocycles. The zero-order valence-corrected chi connectivity index (χ0v) is 18.9. The molecule has 0 amide bonds. The lowest BCUT2D eigenvalue weighted by atomic mass is 9.99. The number of rotatable bonds is 6. The number of nitrogens with zero attached hydrogens (tertiary/aromatic N) is 6. The molecule has 32 heavy (non-hydrogen) atoms. The van der Waals surface area contributed by atoms with Crippen LogP contribution in [0.15, 0.2) is 45.2 Å². The maximum atomic E-state index is 12.5. The van der Waals surface area contributed by atoms with Crippen molar-refractivity contribution in [3.05, 3.63) is 46.4 Å². The molecule has 0 bridgehead atoms. The van der Waals surface area contributed by atoms with Crippen molar-refractivity contribution in [2.45, 2.75) is 19.9 Å². The molecule has 0 atom stereocenters. The van der Waals surface area contributed by atoms with Crippen LogP contribution in [0.5, 0.6) is 0 Å². The van der Waals surface area contributed by atoms with Gasteiger partial charge in [0, 0.05) is 38.8 Å². The number of hydrogen-bond acceptors (Lipinski definition) is 6. The number of guanidine groups is 1. The molecule has 0 aromatic carbocycles. The molecule has 2 aliphatic heterocycles. The van der Waals surface area contributed by atoms with Gasteiger partial charge in [-0.3, -0.25) is 9.36 Å². The zero-order valence-electron chi connectivity index (χ0n) is 18.9. The normalized spacial score (nSPS) is 17.8. The Morgan fingerprint density at radius 1 is 1.22 bits per heavy atom. The Bertz CT molecular complexity index is 1020. The summed E-state index contributed by atoms with van der Waals surface area (Å²) >= 11 is 0. The highest BCUT2D eigenvalue weighted by molar-refractivity contribution is 5.97. The van der Waals surface area contributed by atoms with Crippen molar-refractivity contribution >= 4 is 30.0 Å². The molecule has 0 aliphatic carbocycles. The number of aliphatic imine (C=N–C) groups is 2. The van der Waals surface area contributed by atoms with Crippen LogP contribution in [-0.2, 0) is 6.54 Å².